The first-order valence-corrected chi connectivity index (χ1v) is 6.78. The van der Waals surface area contributed by atoms with Crippen LogP contribution in [0.25, 0.3) is 0 Å². The third-order valence-electron chi connectivity index (χ3n) is 3.68. The molecule has 0 saturated carbocycles. The molecule has 1 aromatic rings. The molecule has 2 rings (SSSR count). The van der Waals surface area contributed by atoms with Gasteiger partial charge in [0.15, 0.2) is 0 Å². The maximum absolute atomic E-state index is 12.5. The minimum Gasteiger partial charge on any atom is -0.508 e. The van der Waals surface area contributed by atoms with Crippen molar-refractivity contribution in [3.05, 3.63) is 29.3 Å². The highest BCUT2D eigenvalue weighted by atomic mass is 16.3. The number of hydrogen-bond donors (Lipinski definition) is 2. The van der Waals surface area contributed by atoms with Crippen LogP contribution in [0.5, 0.6) is 5.75 Å². The van der Waals surface area contributed by atoms with E-state index >= 15 is 0 Å². The Balaban J connectivity index is 2.26. The summed E-state index contributed by atoms with van der Waals surface area (Å²) in [5, 5.41) is 19.4. The van der Waals surface area contributed by atoms with Gasteiger partial charge in [0.2, 0.25) is 0 Å². The molecule has 0 bridgehead atoms. The maximum atomic E-state index is 12.5. The number of benzene rings is 1. The lowest BCUT2D eigenvalue weighted by atomic mass is 9.97. The van der Waals surface area contributed by atoms with Gasteiger partial charge in [-0.3, -0.25) is 4.79 Å². The number of carbonyl (C=O) groups is 1. The van der Waals surface area contributed by atoms with Crippen molar-refractivity contribution in [3.63, 3.8) is 0 Å². The van der Waals surface area contributed by atoms with E-state index in [1.807, 2.05) is 6.92 Å². The van der Waals surface area contributed by atoms with Crippen LogP contribution >= 0.6 is 0 Å². The Labute approximate surface area is 113 Å². The van der Waals surface area contributed by atoms with Crippen molar-refractivity contribution >= 4 is 5.91 Å². The highest BCUT2D eigenvalue weighted by Gasteiger charge is 2.30. The summed E-state index contributed by atoms with van der Waals surface area (Å²) in [6.07, 6.45) is 2.31. The quantitative estimate of drug-likeness (QED) is 0.858. The van der Waals surface area contributed by atoms with Crippen molar-refractivity contribution in [3.8, 4) is 5.75 Å². The maximum Gasteiger partial charge on any atom is 0.254 e. The van der Waals surface area contributed by atoms with Gasteiger partial charge in [0.05, 0.1) is 12.1 Å². The molecule has 0 radical (unpaired) electrons. The number of amides is 1. The van der Waals surface area contributed by atoms with Crippen molar-refractivity contribution in [2.45, 2.75) is 45.3 Å². The van der Waals surface area contributed by atoms with Crippen LogP contribution in [0.15, 0.2) is 18.2 Å². The van der Waals surface area contributed by atoms with E-state index in [9.17, 15) is 15.0 Å². The number of aliphatic hydroxyl groups is 1. The molecular weight excluding hydrogens is 242 g/mol. The first-order valence-electron chi connectivity index (χ1n) is 6.78. The molecule has 0 aliphatic carbocycles. The van der Waals surface area contributed by atoms with Crippen molar-refractivity contribution < 1.29 is 15.0 Å². The molecule has 104 valence electrons. The number of aryl methyl sites for hydroxylation is 1. The first-order chi connectivity index (χ1) is 8.99. The highest BCUT2D eigenvalue weighted by molar-refractivity contribution is 5.95. The number of phenols is 1. The molecule has 2 atom stereocenters. The van der Waals surface area contributed by atoms with E-state index in [-0.39, 0.29) is 17.7 Å². The molecule has 1 saturated heterocycles. The van der Waals surface area contributed by atoms with Crippen LogP contribution in [-0.2, 0) is 0 Å². The Bertz CT molecular complexity index is 450. The van der Waals surface area contributed by atoms with Gasteiger partial charge in [-0.25, -0.2) is 0 Å². The van der Waals surface area contributed by atoms with Crippen LogP contribution in [0.4, 0.5) is 0 Å². The summed E-state index contributed by atoms with van der Waals surface area (Å²) in [7, 11) is 0. The van der Waals surface area contributed by atoms with Gasteiger partial charge >= 0.3 is 0 Å². The number of hydrogen-bond acceptors (Lipinski definition) is 3. The third kappa shape index (κ3) is 3.07. The summed E-state index contributed by atoms with van der Waals surface area (Å²) in [6, 6.07) is 4.77. The number of nitrogens with zero attached hydrogens (tertiary/aromatic N) is 1. The lowest BCUT2D eigenvalue weighted by Crippen LogP contribution is -2.48. The van der Waals surface area contributed by atoms with Gasteiger partial charge in [-0.05, 0) is 56.9 Å². The number of aromatic hydroxyl groups is 1. The Hall–Kier alpha value is -1.55. The van der Waals surface area contributed by atoms with Gasteiger partial charge in [-0.1, -0.05) is 0 Å². The minimum absolute atomic E-state index is 0.106. The molecule has 0 spiro atoms. The Morgan fingerprint density at radius 1 is 1.37 bits per heavy atom. The van der Waals surface area contributed by atoms with Gasteiger partial charge < -0.3 is 15.1 Å². The van der Waals surface area contributed by atoms with Crippen molar-refractivity contribution in [2.75, 3.05) is 6.54 Å². The van der Waals surface area contributed by atoms with Crippen molar-refractivity contribution in [2.24, 2.45) is 0 Å². The summed E-state index contributed by atoms with van der Waals surface area (Å²) in [5.74, 6) is -0.00134. The summed E-state index contributed by atoms with van der Waals surface area (Å²) in [5.41, 5.74) is 1.35. The zero-order chi connectivity index (χ0) is 14.0. The first kappa shape index (κ1) is 13.9. The average Bonchev–Trinajstić information content (AvgIpc) is 2.36. The van der Waals surface area contributed by atoms with E-state index in [0.29, 0.717) is 12.1 Å². The zero-order valence-electron chi connectivity index (χ0n) is 11.5. The van der Waals surface area contributed by atoms with Crippen LogP contribution in [0.3, 0.4) is 0 Å². The van der Waals surface area contributed by atoms with Crippen molar-refractivity contribution in [1.82, 2.24) is 4.90 Å². The van der Waals surface area contributed by atoms with Crippen LogP contribution < -0.4 is 0 Å². The molecule has 1 heterocycles. The fraction of sp³-hybridized carbons (Fsp3) is 0.533. The number of piperidine rings is 1. The number of phenolic OH excluding ortho intramolecular Hbond substituents is 1. The number of aliphatic hydroxyl groups excluding tert-OH is 1. The molecule has 4 heteroatoms. The third-order valence-corrected chi connectivity index (χ3v) is 3.68. The monoisotopic (exact) mass is 263 g/mol. The van der Waals surface area contributed by atoms with Crippen LogP contribution in [0.1, 0.15) is 42.1 Å². The van der Waals surface area contributed by atoms with Gasteiger partial charge in [0.25, 0.3) is 5.91 Å². The molecule has 1 amide bonds. The average molecular weight is 263 g/mol. The Morgan fingerprint density at radius 2 is 2.11 bits per heavy atom. The standard InChI is InChI=1S/C15H21NO3/c1-10-7-12(9-13(18)8-10)15(19)16-6-4-3-5-14(16)11(2)17/h7-9,11,14,17-18H,3-6H2,1-2H3. The van der Waals surface area contributed by atoms with Gasteiger partial charge in [0, 0.05) is 12.1 Å². The zero-order valence-corrected chi connectivity index (χ0v) is 11.5. The molecular formula is C15H21NO3. The second-order valence-electron chi connectivity index (χ2n) is 5.36. The lowest BCUT2D eigenvalue weighted by molar-refractivity contribution is 0.0280. The molecule has 1 aliphatic rings. The lowest BCUT2D eigenvalue weighted by Gasteiger charge is -2.37. The molecule has 1 aromatic carbocycles. The molecule has 19 heavy (non-hydrogen) atoms. The predicted octanol–water partition coefficient (Wildman–Crippen LogP) is 2.08. The van der Waals surface area contributed by atoms with Gasteiger partial charge in [-0.2, -0.15) is 0 Å². The summed E-state index contributed by atoms with van der Waals surface area (Å²) >= 11 is 0. The van der Waals surface area contributed by atoms with E-state index in [2.05, 4.69) is 0 Å². The Morgan fingerprint density at radius 3 is 2.74 bits per heavy atom. The van der Waals surface area contributed by atoms with E-state index in [1.165, 1.54) is 6.07 Å². The van der Waals surface area contributed by atoms with Crippen LogP contribution in [-0.4, -0.2) is 39.7 Å². The fourth-order valence-corrected chi connectivity index (χ4v) is 2.76. The number of carbonyl (C=O) groups excluding carboxylic acids is 1. The SMILES string of the molecule is Cc1cc(O)cc(C(=O)N2CCCCC2C(C)O)c1. The fourth-order valence-electron chi connectivity index (χ4n) is 2.76. The second kappa shape index (κ2) is 5.61. The molecule has 2 unspecified atom stereocenters. The Kier molecular flexibility index (Phi) is 4.10. The summed E-state index contributed by atoms with van der Waals surface area (Å²) in [6.45, 7) is 4.24. The molecule has 1 fully saturated rings. The summed E-state index contributed by atoms with van der Waals surface area (Å²) < 4.78 is 0. The normalized spacial score (nSPS) is 21.2. The molecule has 1 aliphatic heterocycles. The number of likely N-dealkylation sites (tertiary alicyclic amines) is 1. The van der Waals surface area contributed by atoms with Gasteiger partial charge in [0.1, 0.15) is 5.75 Å². The minimum atomic E-state index is -0.525. The topological polar surface area (TPSA) is 60.8 Å². The molecule has 0 aromatic heterocycles. The molecule has 2 N–H and O–H groups in total. The highest BCUT2D eigenvalue weighted by Crippen LogP contribution is 2.24. The summed E-state index contributed by atoms with van der Waals surface area (Å²) in [4.78, 5) is 14.3. The number of rotatable bonds is 2. The van der Waals surface area contributed by atoms with Gasteiger partial charge in [-0.15, -0.1) is 0 Å². The van der Waals surface area contributed by atoms with E-state index in [4.69, 9.17) is 0 Å². The van der Waals surface area contributed by atoms with Crippen LogP contribution in [0, 0.1) is 6.92 Å². The second-order valence-corrected chi connectivity index (χ2v) is 5.36. The van der Waals surface area contributed by atoms with E-state index in [0.717, 1.165) is 24.8 Å². The largest absolute Gasteiger partial charge is 0.508 e. The van der Waals surface area contributed by atoms with E-state index < -0.39 is 6.10 Å². The molecule has 4 nitrogen and oxygen atoms in total. The van der Waals surface area contributed by atoms with Crippen molar-refractivity contribution in [1.29, 1.82) is 0 Å². The predicted molar refractivity (Wildman–Crippen MR) is 73.2 cm³/mol. The van der Waals surface area contributed by atoms with Crippen LogP contribution in [0.2, 0.25) is 0 Å². The van der Waals surface area contributed by atoms with E-state index in [1.54, 1.807) is 24.0 Å². The smallest absolute Gasteiger partial charge is 0.254 e.